The summed E-state index contributed by atoms with van der Waals surface area (Å²) in [5, 5.41) is 0.499. The summed E-state index contributed by atoms with van der Waals surface area (Å²) in [5.41, 5.74) is 0. The van der Waals surface area contributed by atoms with Gasteiger partial charge in [-0.25, -0.2) is 9.97 Å². The van der Waals surface area contributed by atoms with E-state index in [1.165, 1.54) is 32.4 Å². The second-order valence-corrected chi connectivity index (χ2v) is 6.12. The Morgan fingerprint density at radius 3 is 2.86 bits per heavy atom. The predicted molar refractivity (Wildman–Crippen MR) is 83.8 cm³/mol. The van der Waals surface area contributed by atoms with Gasteiger partial charge in [0.25, 0.3) is 0 Å². The fourth-order valence-corrected chi connectivity index (χ4v) is 3.42. The Labute approximate surface area is 131 Å². The Hall–Kier alpha value is -0.910. The molecule has 0 radical (unpaired) electrons. The zero-order chi connectivity index (χ0) is 14.7. The lowest BCUT2D eigenvalue weighted by atomic mass is 10.2. The van der Waals surface area contributed by atoms with Crippen molar-refractivity contribution in [3.8, 4) is 0 Å². The van der Waals surface area contributed by atoms with Gasteiger partial charge in [-0.1, -0.05) is 11.6 Å². The number of hydrogen-bond acceptors (Lipinski definition) is 5. The van der Waals surface area contributed by atoms with Crippen molar-refractivity contribution in [2.24, 2.45) is 0 Å². The van der Waals surface area contributed by atoms with E-state index in [2.05, 4.69) is 19.8 Å². The van der Waals surface area contributed by atoms with Gasteiger partial charge in [-0.3, -0.25) is 4.90 Å². The van der Waals surface area contributed by atoms with Crippen molar-refractivity contribution in [3.05, 3.63) is 17.0 Å². The number of aromatic nitrogens is 2. The lowest BCUT2D eigenvalue weighted by molar-refractivity contribution is 0.128. The molecule has 0 saturated carbocycles. The molecule has 2 aliphatic rings. The van der Waals surface area contributed by atoms with Gasteiger partial charge in [-0.15, -0.1) is 0 Å². The summed E-state index contributed by atoms with van der Waals surface area (Å²) in [6, 6.07) is 2.53. The number of nitrogens with zero attached hydrogens (tertiary/aromatic N) is 4. The van der Waals surface area contributed by atoms with E-state index in [0.29, 0.717) is 30.2 Å². The van der Waals surface area contributed by atoms with Crippen LogP contribution in [-0.2, 0) is 11.3 Å². The number of rotatable bonds is 5. The molecule has 1 aromatic heterocycles. The minimum absolute atomic E-state index is 0.424. The first-order valence-electron chi connectivity index (χ1n) is 7.86. The van der Waals surface area contributed by atoms with Crippen molar-refractivity contribution in [2.45, 2.75) is 38.8 Å². The van der Waals surface area contributed by atoms with Crippen molar-refractivity contribution in [3.63, 3.8) is 0 Å². The van der Waals surface area contributed by atoms with Crippen molar-refractivity contribution >= 4 is 17.4 Å². The van der Waals surface area contributed by atoms with Gasteiger partial charge in [-0.2, -0.15) is 0 Å². The van der Waals surface area contributed by atoms with Crippen LogP contribution in [0.5, 0.6) is 0 Å². The van der Waals surface area contributed by atoms with Crippen molar-refractivity contribution in [1.29, 1.82) is 0 Å². The Morgan fingerprint density at radius 1 is 1.29 bits per heavy atom. The van der Waals surface area contributed by atoms with Crippen LogP contribution in [0.2, 0.25) is 5.15 Å². The van der Waals surface area contributed by atoms with Gasteiger partial charge in [0.05, 0.1) is 0 Å². The second kappa shape index (κ2) is 6.90. The van der Waals surface area contributed by atoms with Gasteiger partial charge in [-0.05, 0) is 39.3 Å². The van der Waals surface area contributed by atoms with E-state index >= 15 is 0 Å². The van der Waals surface area contributed by atoms with E-state index in [0.717, 1.165) is 18.9 Å². The molecule has 5 nitrogen and oxygen atoms in total. The smallest absolute Gasteiger partial charge is 0.158 e. The maximum Gasteiger partial charge on any atom is 0.158 e. The Kier molecular flexibility index (Phi) is 4.93. The molecule has 3 rings (SSSR count). The van der Waals surface area contributed by atoms with Crippen LogP contribution in [0.4, 0.5) is 5.82 Å². The Morgan fingerprint density at radius 2 is 2.10 bits per heavy atom. The van der Waals surface area contributed by atoms with Crippen LogP contribution in [-0.4, -0.2) is 53.7 Å². The lowest BCUT2D eigenvalue weighted by Gasteiger charge is -2.24. The van der Waals surface area contributed by atoms with Crippen LogP contribution in [0.1, 0.15) is 32.0 Å². The molecule has 2 fully saturated rings. The highest BCUT2D eigenvalue weighted by Gasteiger charge is 2.30. The highest BCUT2D eigenvalue weighted by atomic mass is 35.5. The van der Waals surface area contributed by atoms with Crippen LogP contribution in [0.15, 0.2) is 6.07 Å². The van der Waals surface area contributed by atoms with Crippen LogP contribution in [0.3, 0.4) is 0 Å². The minimum Gasteiger partial charge on any atom is -0.374 e. The van der Waals surface area contributed by atoms with Gasteiger partial charge < -0.3 is 9.64 Å². The van der Waals surface area contributed by atoms with Gasteiger partial charge in [0.15, 0.2) is 5.82 Å². The van der Waals surface area contributed by atoms with E-state index in [1.54, 1.807) is 0 Å². The third kappa shape index (κ3) is 3.65. The largest absolute Gasteiger partial charge is 0.374 e. The van der Waals surface area contributed by atoms with Gasteiger partial charge >= 0.3 is 0 Å². The molecule has 0 spiro atoms. The summed E-state index contributed by atoms with van der Waals surface area (Å²) in [5.74, 6) is 1.61. The Balaban J connectivity index is 1.67. The molecule has 0 N–H and O–H groups in total. The normalized spacial score (nSPS) is 23.1. The molecule has 116 valence electrons. The SMILES string of the molecule is CCOCc1nc(Cl)cc(N2CCC(N3CCCC3)C2)n1. The first kappa shape index (κ1) is 15.0. The standard InChI is InChI=1S/C15H23ClN4O/c1-2-21-11-14-17-13(16)9-15(18-14)20-8-5-12(10-20)19-6-3-4-7-19/h9,12H,2-8,10-11H2,1H3. The monoisotopic (exact) mass is 310 g/mol. The average molecular weight is 311 g/mol. The van der Waals surface area contributed by atoms with E-state index in [9.17, 15) is 0 Å². The average Bonchev–Trinajstić information content (AvgIpc) is 3.14. The molecule has 6 heteroatoms. The Bertz CT molecular complexity index is 479. The molecule has 1 unspecified atom stereocenters. The number of likely N-dealkylation sites (tertiary alicyclic amines) is 1. The minimum atomic E-state index is 0.424. The number of anilines is 1. The zero-order valence-corrected chi connectivity index (χ0v) is 13.3. The van der Waals surface area contributed by atoms with E-state index in [1.807, 2.05) is 13.0 Å². The molecule has 0 bridgehead atoms. The second-order valence-electron chi connectivity index (χ2n) is 5.73. The summed E-state index contributed by atoms with van der Waals surface area (Å²) in [4.78, 5) is 13.8. The van der Waals surface area contributed by atoms with Crippen LogP contribution >= 0.6 is 11.6 Å². The number of ether oxygens (including phenoxy) is 1. The summed E-state index contributed by atoms with van der Waals surface area (Å²) in [7, 11) is 0. The summed E-state index contributed by atoms with van der Waals surface area (Å²) >= 11 is 6.13. The van der Waals surface area contributed by atoms with Crippen molar-refractivity contribution in [2.75, 3.05) is 37.7 Å². The van der Waals surface area contributed by atoms with Gasteiger partial charge in [0, 0.05) is 31.8 Å². The molecule has 3 heterocycles. The highest BCUT2D eigenvalue weighted by Crippen LogP contribution is 2.25. The molecule has 2 aliphatic heterocycles. The molecule has 21 heavy (non-hydrogen) atoms. The van der Waals surface area contributed by atoms with Crippen LogP contribution in [0, 0.1) is 0 Å². The summed E-state index contributed by atoms with van der Waals surface area (Å²) in [6.07, 6.45) is 3.89. The molecule has 0 aliphatic carbocycles. The van der Waals surface area contributed by atoms with E-state index in [4.69, 9.17) is 16.3 Å². The quantitative estimate of drug-likeness (QED) is 0.781. The molecule has 2 saturated heterocycles. The lowest BCUT2D eigenvalue weighted by Crippen LogP contribution is -2.35. The molecule has 0 aromatic carbocycles. The van der Waals surface area contributed by atoms with E-state index < -0.39 is 0 Å². The van der Waals surface area contributed by atoms with Gasteiger partial charge in [0.1, 0.15) is 17.6 Å². The first-order chi connectivity index (χ1) is 10.3. The summed E-state index contributed by atoms with van der Waals surface area (Å²) < 4.78 is 5.38. The molecular weight excluding hydrogens is 288 g/mol. The van der Waals surface area contributed by atoms with Crippen LogP contribution in [0.25, 0.3) is 0 Å². The fourth-order valence-electron chi connectivity index (χ4n) is 3.23. The predicted octanol–water partition coefficient (Wildman–Crippen LogP) is 2.34. The van der Waals surface area contributed by atoms with Gasteiger partial charge in [0.2, 0.25) is 0 Å². The third-order valence-corrected chi connectivity index (χ3v) is 4.50. The third-order valence-electron chi connectivity index (χ3n) is 4.31. The number of hydrogen-bond donors (Lipinski definition) is 0. The fraction of sp³-hybridized carbons (Fsp3) is 0.733. The maximum atomic E-state index is 6.13. The van der Waals surface area contributed by atoms with Crippen LogP contribution < -0.4 is 4.90 Å². The number of halogens is 1. The summed E-state index contributed by atoms with van der Waals surface area (Å²) in [6.45, 7) is 7.63. The van der Waals surface area contributed by atoms with E-state index in [-0.39, 0.29) is 0 Å². The molecule has 1 aromatic rings. The molecule has 1 atom stereocenters. The van der Waals surface area contributed by atoms with Crippen molar-refractivity contribution < 1.29 is 4.74 Å². The molecular formula is C15H23ClN4O. The first-order valence-corrected chi connectivity index (χ1v) is 8.24. The topological polar surface area (TPSA) is 41.5 Å². The van der Waals surface area contributed by atoms with Crippen molar-refractivity contribution in [1.82, 2.24) is 14.9 Å². The molecule has 0 amide bonds. The highest BCUT2D eigenvalue weighted by molar-refractivity contribution is 6.29. The maximum absolute atomic E-state index is 6.13. The zero-order valence-electron chi connectivity index (χ0n) is 12.6.